The van der Waals surface area contributed by atoms with Crippen LogP contribution in [-0.4, -0.2) is 11.6 Å². The normalized spacial score (nSPS) is 12.2. The monoisotopic (exact) mass is 309 g/mol. The maximum absolute atomic E-state index is 13.8. The highest BCUT2D eigenvalue weighted by Crippen LogP contribution is 2.31. The van der Waals surface area contributed by atoms with Crippen LogP contribution in [0.15, 0.2) is 17.5 Å². The van der Waals surface area contributed by atoms with Gasteiger partial charge in [0.15, 0.2) is 11.6 Å². The van der Waals surface area contributed by atoms with Crippen molar-refractivity contribution in [3.05, 3.63) is 34.0 Å². The molecule has 0 fully saturated rings. The summed E-state index contributed by atoms with van der Waals surface area (Å²) < 4.78 is 19.2. The number of benzene rings is 1. The van der Waals surface area contributed by atoms with Crippen LogP contribution in [0.3, 0.4) is 0 Å². The topological polar surface area (TPSA) is 60.2 Å². The number of rotatable bonds is 6. The van der Waals surface area contributed by atoms with E-state index < -0.39 is 5.82 Å². The highest BCUT2D eigenvalue weighted by atomic mass is 32.1. The minimum Gasteiger partial charge on any atom is -0.490 e. The van der Waals surface area contributed by atoms with E-state index in [4.69, 9.17) is 10.5 Å². The summed E-state index contributed by atoms with van der Waals surface area (Å²) in [6.45, 7) is 6.39. The zero-order valence-corrected chi connectivity index (χ0v) is 13.3. The standard InChI is InChI=1S/C15H20FN3OS/c1-4-5-20-14-7-13(12(17)6-11(14)16)19-10(3)15-18-9(2)8-21-15/h6-8,10,19H,4-5,17H2,1-3H3. The summed E-state index contributed by atoms with van der Waals surface area (Å²) >= 11 is 1.58. The van der Waals surface area contributed by atoms with Gasteiger partial charge < -0.3 is 15.8 Å². The van der Waals surface area contributed by atoms with Crippen LogP contribution in [0.2, 0.25) is 0 Å². The van der Waals surface area contributed by atoms with Gasteiger partial charge in [0.2, 0.25) is 0 Å². The SMILES string of the molecule is CCCOc1cc(NC(C)c2nc(C)cs2)c(N)cc1F. The van der Waals surface area contributed by atoms with E-state index in [-0.39, 0.29) is 11.8 Å². The minimum atomic E-state index is -0.441. The molecule has 0 aliphatic rings. The molecule has 0 saturated carbocycles. The minimum absolute atomic E-state index is 0.00418. The quantitative estimate of drug-likeness (QED) is 0.788. The third-order valence-corrected chi connectivity index (χ3v) is 4.09. The van der Waals surface area contributed by atoms with E-state index >= 15 is 0 Å². The van der Waals surface area contributed by atoms with Crippen LogP contribution >= 0.6 is 11.3 Å². The van der Waals surface area contributed by atoms with Gasteiger partial charge in [-0.2, -0.15) is 0 Å². The van der Waals surface area contributed by atoms with Crippen molar-refractivity contribution < 1.29 is 9.13 Å². The molecule has 114 valence electrons. The smallest absolute Gasteiger partial charge is 0.167 e. The van der Waals surface area contributed by atoms with Crippen LogP contribution in [0.25, 0.3) is 0 Å². The lowest BCUT2D eigenvalue weighted by molar-refractivity contribution is 0.301. The lowest BCUT2D eigenvalue weighted by atomic mass is 10.2. The zero-order valence-electron chi connectivity index (χ0n) is 12.4. The molecule has 0 amide bonds. The van der Waals surface area contributed by atoms with Crippen LogP contribution < -0.4 is 15.8 Å². The summed E-state index contributed by atoms with van der Waals surface area (Å²) in [5, 5.41) is 6.22. The van der Waals surface area contributed by atoms with Crippen molar-refractivity contribution in [2.24, 2.45) is 0 Å². The Hall–Kier alpha value is -1.82. The van der Waals surface area contributed by atoms with E-state index in [2.05, 4.69) is 10.3 Å². The fraction of sp³-hybridized carbons (Fsp3) is 0.400. The second-order valence-corrected chi connectivity index (χ2v) is 5.80. The number of hydrogen-bond donors (Lipinski definition) is 2. The molecular weight excluding hydrogens is 289 g/mol. The van der Waals surface area contributed by atoms with Gasteiger partial charge in [0.25, 0.3) is 0 Å². The van der Waals surface area contributed by atoms with Crippen LogP contribution in [0.1, 0.15) is 37.0 Å². The molecule has 0 aliphatic carbocycles. The van der Waals surface area contributed by atoms with Crippen molar-refractivity contribution in [1.82, 2.24) is 4.98 Å². The molecule has 1 aromatic heterocycles. The first-order valence-electron chi connectivity index (χ1n) is 6.91. The van der Waals surface area contributed by atoms with Crippen molar-refractivity contribution in [2.75, 3.05) is 17.7 Å². The summed E-state index contributed by atoms with van der Waals surface area (Å²) in [6.07, 6.45) is 0.821. The third-order valence-electron chi connectivity index (χ3n) is 2.94. The number of hydrogen-bond acceptors (Lipinski definition) is 5. The molecule has 3 N–H and O–H groups in total. The summed E-state index contributed by atoms with van der Waals surface area (Å²) in [5.74, 6) is -0.222. The van der Waals surface area contributed by atoms with Gasteiger partial charge in [-0.3, -0.25) is 0 Å². The summed E-state index contributed by atoms with van der Waals surface area (Å²) in [4.78, 5) is 4.44. The van der Waals surface area contributed by atoms with E-state index in [1.54, 1.807) is 17.4 Å². The van der Waals surface area contributed by atoms with Gasteiger partial charge in [-0.05, 0) is 20.3 Å². The van der Waals surface area contributed by atoms with E-state index in [1.807, 2.05) is 26.2 Å². The molecule has 4 nitrogen and oxygen atoms in total. The van der Waals surface area contributed by atoms with Gasteiger partial charge in [0.05, 0.1) is 24.0 Å². The number of aryl methyl sites for hydroxylation is 1. The fourth-order valence-corrected chi connectivity index (χ4v) is 2.69. The van der Waals surface area contributed by atoms with Gasteiger partial charge in [0, 0.05) is 23.2 Å². The predicted octanol–water partition coefficient (Wildman–Crippen LogP) is 4.13. The highest BCUT2D eigenvalue weighted by Gasteiger charge is 2.14. The second-order valence-electron chi connectivity index (χ2n) is 4.91. The zero-order chi connectivity index (χ0) is 15.4. The molecule has 0 spiro atoms. The molecule has 2 aromatic rings. The molecule has 0 radical (unpaired) electrons. The van der Waals surface area contributed by atoms with Crippen LogP contribution in [0.4, 0.5) is 15.8 Å². The van der Waals surface area contributed by atoms with Gasteiger partial charge >= 0.3 is 0 Å². The van der Waals surface area contributed by atoms with E-state index in [0.29, 0.717) is 18.0 Å². The average molecular weight is 309 g/mol. The van der Waals surface area contributed by atoms with Gasteiger partial charge in [-0.1, -0.05) is 6.92 Å². The first kappa shape index (κ1) is 15.6. The largest absolute Gasteiger partial charge is 0.490 e. The number of nitrogen functional groups attached to an aromatic ring is 1. The number of halogens is 1. The molecule has 1 aromatic carbocycles. The van der Waals surface area contributed by atoms with E-state index in [9.17, 15) is 4.39 Å². The van der Waals surface area contributed by atoms with Crippen molar-refractivity contribution in [2.45, 2.75) is 33.2 Å². The summed E-state index contributed by atoms with van der Waals surface area (Å²) in [7, 11) is 0. The Balaban J connectivity index is 2.18. The number of ether oxygens (including phenoxy) is 1. The molecule has 21 heavy (non-hydrogen) atoms. The van der Waals surface area contributed by atoms with Gasteiger partial charge in [-0.25, -0.2) is 9.37 Å². The van der Waals surface area contributed by atoms with Crippen molar-refractivity contribution in [1.29, 1.82) is 0 Å². The Morgan fingerprint density at radius 2 is 2.24 bits per heavy atom. The number of thiazole rings is 1. The first-order chi connectivity index (χ1) is 10.0. The summed E-state index contributed by atoms with van der Waals surface area (Å²) in [5.41, 5.74) is 7.88. The molecule has 1 atom stereocenters. The van der Waals surface area contributed by atoms with Crippen molar-refractivity contribution in [3.63, 3.8) is 0 Å². The third kappa shape index (κ3) is 3.85. The Morgan fingerprint density at radius 1 is 1.48 bits per heavy atom. The number of nitrogens with two attached hydrogens (primary N) is 1. The Labute approximate surface area is 128 Å². The Bertz CT molecular complexity index is 615. The first-order valence-corrected chi connectivity index (χ1v) is 7.79. The molecule has 1 heterocycles. The maximum atomic E-state index is 13.8. The molecule has 0 saturated heterocycles. The van der Waals surface area contributed by atoms with Gasteiger partial charge in [0.1, 0.15) is 5.01 Å². The predicted molar refractivity (Wildman–Crippen MR) is 85.5 cm³/mol. The summed E-state index contributed by atoms with van der Waals surface area (Å²) in [6, 6.07) is 2.89. The number of nitrogens with zero attached hydrogens (tertiary/aromatic N) is 1. The number of anilines is 2. The maximum Gasteiger partial charge on any atom is 0.167 e. The molecule has 0 bridgehead atoms. The van der Waals surface area contributed by atoms with Crippen molar-refractivity contribution in [3.8, 4) is 5.75 Å². The number of aromatic nitrogens is 1. The van der Waals surface area contributed by atoms with Gasteiger partial charge in [-0.15, -0.1) is 11.3 Å². The molecule has 0 aliphatic heterocycles. The van der Waals surface area contributed by atoms with Crippen molar-refractivity contribution >= 4 is 22.7 Å². The van der Waals surface area contributed by atoms with E-state index in [1.165, 1.54) is 6.07 Å². The van der Waals surface area contributed by atoms with Crippen LogP contribution in [0.5, 0.6) is 5.75 Å². The van der Waals surface area contributed by atoms with Crippen LogP contribution in [-0.2, 0) is 0 Å². The second kappa shape index (κ2) is 6.76. The molecular formula is C15H20FN3OS. The average Bonchev–Trinajstić information content (AvgIpc) is 2.87. The highest BCUT2D eigenvalue weighted by molar-refractivity contribution is 7.09. The molecule has 6 heteroatoms. The lowest BCUT2D eigenvalue weighted by Gasteiger charge is -2.16. The fourth-order valence-electron chi connectivity index (χ4n) is 1.88. The van der Waals surface area contributed by atoms with E-state index in [0.717, 1.165) is 17.1 Å². The van der Waals surface area contributed by atoms with Crippen LogP contribution in [0, 0.1) is 12.7 Å². The Morgan fingerprint density at radius 3 is 2.86 bits per heavy atom. The molecule has 1 unspecified atom stereocenters. The molecule has 2 rings (SSSR count). The Kier molecular flexibility index (Phi) is 5.01. The lowest BCUT2D eigenvalue weighted by Crippen LogP contribution is -2.09. The number of nitrogens with one attached hydrogen (secondary N) is 1.